The maximum absolute atomic E-state index is 13.8. The van der Waals surface area contributed by atoms with Gasteiger partial charge in [-0.25, -0.2) is 18.0 Å². The predicted molar refractivity (Wildman–Crippen MR) is 70.4 cm³/mol. The maximum atomic E-state index is 13.8. The molecule has 0 radical (unpaired) electrons. The zero-order valence-corrected chi connectivity index (χ0v) is 11.2. The summed E-state index contributed by atoms with van der Waals surface area (Å²) in [7, 11) is 0. The van der Waals surface area contributed by atoms with Crippen molar-refractivity contribution in [2.75, 3.05) is 5.73 Å². The van der Waals surface area contributed by atoms with Crippen LogP contribution in [-0.2, 0) is 6.42 Å². The van der Waals surface area contributed by atoms with Crippen LogP contribution < -0.4 is 5.73 Å². The van der Waals surface area contributed by atoms with Gasteiger partial charge in [0.05, 0.1) is 11.3 Å². The molecule has 2 aromatic rings. The van der Waals surface area contributed by atoms with E-state index in [1.807, 2.05) is 0 Å². The molecule has 0 aliphatic rings. The van der Waals surface area contributed by atoms with Gasteiger partial charge in [-0.2, -0.15) is 0 Å². The molecule has 1 aromatic heterocycles. The molecular weight excluding hydrogens is 291 g/mol. The Balaban J connectivity index is 2.76. The normalized spacial score (nSPS) is 10.8. The SMILES string of the molecule is CCc1c(-c2c(F)cc(F)cc2F)sc(C(=O)O)c1N. The molecule has 0 aliphatic heterocycles. The van der Waals surface area contributed by atoms with Gasteiger partial charge in [-0.15, -0.1) is 11.3 Å². The molecule has 3 N–H and O–H groups in total. The molecule has 106 valence electrons. The van der Waals surface area contributed by atoms with Gasteiger partial charge in [0.25, 0.3) is 0 Å². The van der Waals surface area contributed by atoms with Crippen LogP contribution >= 0.6 is 11.3 Å². The molecule has 0 aliphatic carbocycles. The van der Waals surface area contributed by atoms with Gasteiger partial charge in [-0.3, -0.25) is 0 Å². The van der Waals surface area contributed by atoms with E-state index in [2.05, 4.69) is 0 Å². The first-order valence-corrected chi connectivity index (χ1v) is 6.47. The lowest BCUT2D eigenvalue weighted by Gasteiger charge is -2.06. The number of carboxylic acid groups (broad SMARTS) is 1. The third kappa shape index (κ3) is 2.24. The van der Waals surface area contributed by atoms with Gasteiger partial charge in [0.1, 0.15) is 22.3 Å². The molecule has 7 heteroatoms. The van der Waals surface area contributed by atoms with Gasteiger partial charge in [-0.1, -0.05) is 6.92 Å². The molecule has 2 rings (SSSR count). The Labute approximate surface area is 116 Å². The van der Waals surface area contributed by atoms with Gasteiger partial charge in [0, 0.05) is 17.0 Å². The van der Waals surface area contributed by atoms with Gasteiger partial charge in [0.15, 0.2) is 0 Å². The fourth-order valence-corrected chi connectivity index (χ4v) is 3.15. The van der Waals surface area contributed by atoms with Gasteiger partial charge < -0.3 is 10.8 Å². The van der Waals surface area contributed by atoms with Gasteiger partial charge in [0.2, 0.25) is 0 Å². The molecule has 1 aromatic carbocycles. The molecule has 1 heterocycles. The van der Waals surface area contributed by atoms with Crippen molar-refractivity contribution in [3.05, 3.63) is 40.0 Å². The van der Waals surface area contributed by atoms with Gasteiger partial charge in [-0.05, 0) is 12.0 Å². The van der Waals surface area contributed by atoms with E-state index < -0.39 is 29.0 Å². The fraction of sp³-hybridized carbons (Fsp3) is 0.154. The minimum absolute atomic E-state index is 0.0110. The van der Waals surface area contributed by atoms with Crippen LogP contribution in [0.2, 0.25) is 0 Å². The number of hydrogen-bond donors (Lipinski definition) is 2. The number of hydrogen-bond acceptors (Lipinski definition) is 3. The zero-order chi connectivity index (χ0) is 15.0. The second-order valence-electron chi connectivity index (χ2n) is 4.06. The number of thiophene rings is 1. The quantitative estimate of drug-likeness (QED) is 0.909. The van der Waals surface area contributed by atoms with Crippen LogP contribution in [0.3, 0.4) is 0 Å². The van der Waals surface area contributed by atoms with Crippen molar-refractivity contribution in [1.29, 1.82) is 0 Å². The number of nitrogens with two attached hydrogens (primary N) is 1. The number of nitrogen functional groups attached to an aromatic ring is 1. The molecule has 0 atom stereocenters. The summed E-state index contributed by atoms with van der Waals surface area (Å²) in [4.78, 5) is 10.9. The zero-order valence-electron chi connectivity index (χ0n) is 10.3. The molecule has 3 nitrogen and oxygen atoms in total. The second kappa shape index (κ2) is 5.16. The Hall–Kier alpha value is -2.02. The largest absolute Gasteiger partial charge is 0.477 e. The first-order chi connectivity index (χ1) is 9.36. The first-order valence-electron chi connectivity index (χ1n) is 5.66. The minimum Gasteiger partial charge on any atom is -0.477 e. The highest BCUT2D eigenvalue weighted by Gasteiger charge is 2.24. The van der Waals surface area contributed by atoms with E-state index in [4.69, 9.17) is 10.8 Å². The van der Waals surface area contributed by atoms with Crippen molar-refractivity contribution in [1.82, 2.24) is 0 Å². The monoisotopic (exact) mass is 301 g/mol. The molecule has 0 bridgehead atoms. The van der Waals surface area contributed by atoms with Crippen molar-refractivity contribution in [2.45, 2.75) is 13.3 Å². The van der Waals surface area contributed by atoms with Crippen molar-refractivity contribution in [3.8, 4) is 10.4 Å². The van der Waals surface area contributed by atoms with E-state index in [0.29, 0.717) is 35.5 Å². The van der Waals surface area contributed by atoms with E-state index in [-0.39, 0.29) is 15.4 Å². The maximum Gasteiger partial charge on any atom is 0.348 e. The molecule has 0 spiro atoms. The summed E-state index contributed by atoms with van der Waals surface area (Å²) in [6.07, 6.45) is 0.307. The lowest BCUT2D eigenvalue weighted by atomic mass is 10.0. The number of halogens is 3. The van der Waals surface area contributed by atoms with Crippen LogP contribution in [0.25, 0.3) is 10.4 Å². The Morgan fingerprint density at radius 2 is 1.85 bits per heavy atom. The molecule has 0 unspecified atom stereocenters. The minimum atomic E-state index is -1.27. The lowest BCUT2D eigenvalue weighted by Crippen LogP contribution is -1.99. The summed E-state index contributed by atoms with van der Waals surface area (Å²) < 4.78 is 40.5. The van der Waals surface area contributed by atoms with Crippen LogP contribution in [0.15, 0.2) is 12.1 Å². The number of carbonyl (C=O) groups is 1. The standard InChI is InChI=1S/C13H10F3NO2S/c1-2-6-10(17)12(13(18)19)20-11(6)9-7(15)3-5(14)4-8(9)16/h3-4H,2,17H2,1H3,(H,18,19). The summed E-state index contributed by atoms with van der Waals surface area (Å²) in [6, 6.07) is 1.10. The molecule has 0 saturated heterocycles. The van der Waals surface area contributed by atoms with Gasteiger partial charge >= 0.3 is 5.97 Å². The van der Waals surface area contributed by atoms with Crippen molar-refractivity contribution >= 4 is 23.0 Å². The summed E-state index contributed by atoms with van der Waals surface area (Å²) in [5.41, 5.74) is 5.58. The number of benzene rings is 1. The lowest BCUT2D eigenvalue weighted by molar-refractivity contribution is 0.0703. The number of carboxylic acids is 1. The van der Waals surface area contributed by atoms with E-state index in [9.17, 15) is 18.0 Å². The summed E-state index contributed by atoms with van der Waals surface area (Å²) in [5, 5.41) is 9.01. The Morgan fingerprint density at radius 3 is 2.30 bits per heavy atom. The number of rotatable bonds is 3. The third-order valence-electron chi connectivity index (χ3n) is 2.83. The van der Waals surface area contributed by atoms with Crippen LogP contribution in [0, 0.1) is 17.5 Å². The average molecular weight is 301 g/mol. The highest BCUT2D eigenvalue weighted by atomic mass is 32.1. The molecule has 20 heavy (non-hydrogen) atoms. The number of aromatic carboxylic acids is 1. The summed E-state index contributed by atoms with van der Waals surface area (Å²) >= 11 is 0.679. The molecular formula is C13H10F3NO2S. The van der Waals surface area contributed by atoms with E-state index >= 15 is 0 Å². The Morgan fingerprint density at radius 1 is 1.30 bits per heavy atom. The van der Waals surface area contributed by atoms with Crippen LogP contribution in [-0.4, -0.2) is 11.1 Å². The second-order valence-corrected chi connectivity index (χ2v) is 5.08. The highest BCUT2D eigenvalue weighted by molar-refractivity contribution is 7.18. The third-order valence-corrected chi connectivity index (χ3v) is 4.08. The topological polar surface area (TPSA) is 63.3 Å². The van der Waals surface area contributed by atoms with Crippen LogP contribution in [0.1, 0.15) is 22.2 Å². The summed E-state index contributed by atoms with van der Waals surface area (Å²) in [5.74, 6) is -4.48. The molecule has 0 saturated carbocycles. The Bertz CT molecular complexity index is 674. The fourth-order valence-electron chi connectivity index (χ4n) is 1.95. The van der Waals surface area contributed by atoms with Crippen LogP contribution in [0.4, 0.5) is 18.9 Å². The molecule has 0 amide bonds. The van der Waals surface area contributed by atoms with Crippen molar-refractivity contribution < 1.29 is 23.1 Å². The summed E-state index contributed by atoms with van der Waals surface area (Å²) in [6.45, 7) is 1.69. The highest BCUT2D eigenvalue weighted by Crippen LogP contribution is 2.41. The predicted octanol–water partition coefficient (Wildman–Crippen LogP) is 3.68. The van der Waals surface area contributed by atoms with Crippen LogP contribution in [0.5, 0.6) is 0 Å². The number of anilines is 1. The molecule has 0 fully saturated rings. The smallest absolute Gasteiger partial charge is 0.348 e. The van der Waals surface area contributed by atoms with Crippen molar-refractivity contribution in [3.63, 3.8) is 0 Å². The van der Waals surface area contributed by atoms with E-state index in [1.165, 1.54) is 0 Å². The van der Waals surface area contributed by atoms with Crippen molar-refractivity contribution in [2.24, 2.45) is 0 Å². The average Bonchev–Trinajstić information content (AvgIpc) is 2.65. The first kappa shape index (κ1) is 14.4. The Kier molecular flexibility index (Phi) is 3.71. The van der Waals surface area contributed by atoms with E-state index in [0.717, 1.165) is 0 Å². The van der Waals surface area contributed by atoms with E-state index in [1.54, 1.807) is 6.92 Å².